The molecule has 1 spiro atoms. The fraction of sp³-hybridized carbons (Fsp3) is 0.650. The number of likely N-dealkylation sites (tertiary alicyclic amines) is 1. The molecule has 2 aromatic heterocycles. The summed E-state index contributed by atoms with van der Waals surface area (Å²) >= 11 is 0. The number of carbonyl (C=O) groups excluding carboxylic acids is 1. The standard InChI is InChI=1S/C20H27N7O2/c1-25(2)19-21-11-14-5-10-29-20(17(14)24-19)6-8-26(9-7-20)18(28)15-3-4-16-22-13-23-27(16)12-15/h11,13,15H,3-10,12H2,1-2H3. The largest absolute Gasteiger partial charge is 0.368 e. The lowest BCUT2D eigenvalue weighted by molar-refractivity contribution is -0.146. The molecule has 1 atom stereocenters. The number of hydrogen-bond acceptors (Lipinski definition) is 7. The predicted octanol–water partition coefficient (Wildman–Crippen LogP) is 0.787. The van der Waals surface area contributed by atoms with Gasteiger partial charge < -0.3 is 14.5 Å². The molecule has 2 aromatic rings. The molecule has 1 saturated heterocycles. The van der Waals surface area contributed by atoms with Crippen LogP contribution in [-0.4, -0.2) is 69.3 Å². The van der Waals surface area contributed by atoms with E-state index >= 15 is 0 Å². The van der Waals surface area contributed by atoms with Crippen molar-refractivity contribution in [2.45, 2.75) is 44.2 Å². The first kappa shape index (κ1) is 18.5. The number of aromatic nitrogens is 5. The van der Waals surface area contributed by atoms with Gasteiger partial charge in [-0.1, -0.05) is 0 Å². The van der Waals surface area contributed by atoms with E-state index in [4.69, 9.17) is 9.72 Å². The van der Waals surface area contributed by atoms with E-state index < -0.39 is 5.60 Å². The van der Waals surface area contributed by atoms with E-state index in [9.17, 15) is 4.79 Å². The summed E-state index contributed by atoms with van der Waals surface area (Å²) in [5, 5.41) is 4.25. The third-order valence-electron chi connectivity index (χ3n) is 6.47. The minimum absolute atomic E-state index is 0.0134. The van der Waals surface area contributed by atoms with Gasteiger partial charge in [0.05, 0.1) is 24.8 Å². The van der Waals surface area contributed by atoms with Crippen LogP contribution in [0.15, 0.2) is 12.5 Å². The monoisotopic (exact) mass is 397 g/mol. The number of anilines is 1. The van der Waals surface area contributed by atoms with Crippen LogP contribution >= 0.6 is 0 Å². The van der Waals surface area contributed by atoms with Gasteiger partial charge in [-0.2, -0.15) is 5.10 Å². The molecule has 0 aromatic carbocycles. The summed E-state index contributed by atoms with van der Waals surface area (Å²) in [5.41, 5.74) is 1.79. The second-order valence-corrected chi connectivity index (χ2v) is 8.45. The summed E-state index contributed by atoms with van der Waals surface area (Å²) in [6.07, 6.45) is 7.57. The van der Waals surface area contributed by atoms with Gasteiger partial charge in [-0.3, -0.25) is 4.79 Å². The predicted molar refractivity (Wildman–Crippen MR) is 105 cm³/mol. The molecule has 3 aliphatic heterocycles. The van der Waals surface area contributed by atoms with Gasteiger partial charge in [0.25, 0.3) is 0 Å². The molecule has 5 heterocycles. The molecule has 0 aliphatic carbocycles. The highest BCUT2D eigenvalue weighted by atomic mass is 16.5. The van der Waals surface area contributed by atoms with Crippen LogP contribution < -0.4 is 4.90 Å². The van der Waals surface area contributed by atoms with Crippen molar-refractivity contribution in [2.24, 2.45) is 5.92 Å². The molecule has 0 saturated carbocycles. The lowest BCUT2D eigenvalue weighted by atomic mass is 9.82. The molecule has 29 heavy (non-hydrogen) atoms. The Morgan fingerprint density at radius 1 is 1.24 bits per heavy atom. The lowest BCUT2D eigenvalue weighted by Gasteiger charge is -2.44. The smallest absolute Gasteiger partial charge is 0.227 e. The summed E-state index contributed by atoms with van der Waals surface area (Å²) in [7, 11) is 3.90. The van der Waals surface area contributed by atoms with Gasteiger partial charge in [0.1, 0.15) is 17.8 Å². The first-order valence-corrected chi connectivity index (χ1v) is 10.4. The first-order valence-electron chi connectivity index (χ1n) is 10.4. The number of ether oxygens (including phenoxy) is 1. The second kappa shape index (κ2) is 7.05. The zero-order valence-corrected chi connectivity index (χ0v) is 17.0. The summed E-state index contributed by atoms with van der Waals surface area (Å²) in [6, 6.07) is 0. The minimum atomic E-state index is -0.399. The maximum absolute atomic E-state index is 13.1. The van der Waals surface area contributed by atoms with Crippen LogP contribution in [-0.2, 0) is 34.5 Å². The van der Waals surface area contributed by atoms with Crippen molar-refractivity contribution in [1.29, 1.82) is 0 Å². The van der Waals surface area contributed by atoms with E-state index in [0.717, 1.165) is 43.6 Å². The summed E-state index contributed by atoms with van der Waals surface area (Å²) < 4.78 is 8.18. The molecule has 5 rings (SSSR count). The van der Waals surface area contributed by atoms with Crippen molar-refractivity contribution < 1.29 is 9.53 Å². The van der Waals surface area contributed by atoms with E-state index in [0.29, 0.717) is 32.2 Å². The van der Waals surface area contributed by atoms with Gasteiger partial charge >= 0.3 is 0 Å². The van der Waals surface area contributed by atoms with Crippen LogP contribution in [0.2, 0.25) is 0 Å². The molecular weight excluding hydrogens is 370 g/mol. The molecule has 0 bridgehead atoms. The topological polar surface area (TPSA) is 89.3 Å². The van der Waals surface area contributed by atoms with Gasteiger partial charge in [-0.25, -0.2) is 19.6 Å². The SMILES string of the molecule is CN(C)c1ncc2c(n1)C1(CCN(C(=O)C3CCc4ncnn4C3)CC1)OCC2. The number of nitrogens with zero attached hydrogens (tertiary/aromatic N) is 7. The number of rotatable bonds is 2. The highest BCUT2D eigenvalue weighted by molar-refractivity contribution is 5.79. The number of fused-ring (bicyclic) bond motifs is 3. The normalized spacial score (nSPS) is 22.8. The van der Waals surface area contributed by atoms with Crippen molar-refractivity contribution in [1.82, 2.24) is 29.6 Å². The molecule has 3 aliphatic rings. The highest BCUT2D eigenvalue weighted by Crippen LogP contribution is 2.41. The van der Waals surface area contributed by atoms with Crippen molar-refractivity contribution >= 4 is 11.9 Å². The fourth-order valence-corrected chi connectivity index (χ4v) is 4.78. The molecule has 1 amide bonds. The summed E-state index contributed by atoms with van der Waals surface area (Å²) in [5.74, 6) is 1.90. The molecular formula is C20H27N7O2. The van der Waals surface area contributed by atoms with Crippen LogP contribution in [0, 0.1) is 5.92 Å². The molecule has 1 unspecified atom stereocenters. The Morgan fingerprint density at radius 3 is 2.86 bits per heavy atom. The van der Waals surface area contributed by atoms with E-state index in [1.807, 2.05) is 34.8 Å². The number of amides is 1. The molecule has 154 valence electrons. The van der Waals surface area contributed by atoms with Gasteiger partial charge in [-0.15, -0.1) is 0 Å². The van der Waals surface area contributed by atoms with Gasteiger partial charge in [0.15, 0.2) is 0 Å². The zero-order chi connectivity index (χ0) is 20.0. The molecule has 0 radical (unpaired) electrons. The van der Waals surface area contributed by atoms with Crippen molar-refractivity contribution in [3.63, 3.8) is 0 Å². The second-order valence-electron chi connectivity index (χ2n) is 8.45. The van der Waals surface area contributed by atoms with Crippen LogP contribution in [0.3, 0.4) is 0 Å². The van der Waals surface area contributed by atoms with E-state index in [1.54, 1.807) is 6.33 Å². The number of aryl methyl sites for hydroxylation is 1. The number of hydrogen-bond donors (Lipinski definition) is 0. The Labute approximate surface area is 170 Å². The Bertz CT molecular complexity index is 917. The maximum Gasteiger partial charge on any atom is 0.227 e. The van der Waals surface area contributed by atoms with Crippen LogP contribution in [0.4, 0.5) is 5.95 Å². The minimum Gasteiger partial charge on any atom is -0.368 e. The third-order valence-corrected chi connectivity index (χ3v) is 6.47. The van der Waals surface area contributed by atoms with Crippen LogP contribution in [0.1, 0.15) is 36.3 Å². The van der Waals surface area contributed by atoms with Crippen molar-refractivity contribution in [2.75, 3.05) is 38.7 Å². The first-order chi connectivity index (χ1) is 14.1. The van der Waals surface area contributed by atoms with Gasteiger partial charge in [0, 0.05) is 39.8 Å². The quantitative estimate of drug-likeness (QED) is 0.740. The fourth-order valence-electron chi connectivity index (χ4n) is 4.78. The average molecular weight is 397 g/mol. The van der Waals surface area contributed by atoms with Crippen LogP contribution in [0.25, 0.3) is 0 Å². The Hall–Kier alpha value is -2.55. The summed E-state index contributed by atoms with van der Waals surface area (Å²) in [6.45, 7) is 2.71. The molecule has 9 nitrogen and oxygen atoms in total. The number of carbonyl (C=O) groups is 1. The third kappa shape index (κ3) is 3.17. The molecule has 9 heteroatoms. The molecule has 1 fully saturated rings. The lowest BCUT2D eigenvalue weighted by Crippen LogP contribution is -2.51. The van der Waals surface area contributed by atoms with Gasteiger partial charge in [0.2, 0.25) is 11.9 Å². The van der Waals surface area contributed by atoms with Gasteiger partial charge in [-0.05, 0) is 31.2 Å². The van der Waals surface area contributed by atoms with E-state index in [1.165, 1.54) is 5.56 Å². The van der Waals surface area contributed by atoms with E-state index in [2.05, 4.69) is 15.1 Å². The Balaban J connectivity index is 1.31. The highest BCUT2D eigenvalue weighted by Gasteiger charge is 2.44. The molecule has 0 N–H and O–H groups in total. The zero-order valence-electron chi connectivity index (χ0n) is 17.0. The Morgan fingerprint density at radius 2 is 2.07 bits per heavy atom. The number of piperidine rings is 1. The van der Waals surface area contributed by atoms with Crippen LogP contribution in [0.5, 0.6) is 0 Å². The maximum atomic E-state index is 13.1. The van der Waals surface area contributed by atoms with Crippen molar-refractivity contribution in [3.8, 4) is 0 Å². The Kier molecular flexibility index (Phi) is 4.49. The summed E-state index contributed by atoms with van der Waals surface area (Å²) in [4.78, 5) is 30.6. The van der Waals surface area contributed by atoms with E-state index in [-0.39, 0.29) is 11.8 Å². The average Bonchev–Trinajstić information content (AvgIpc) is 3.22. The van der Waals surface area contributed by atoms with Crippen molar-refractivity contribution in [3.05, 3.63) is 29.6 Å².